The minimum Gasteiger partial charge on any atom is -0.507 e. The van der Waals surface area contributed by atoms with Crippen molar-refractivity contribution in [1.82, 2.24) is 0 Å². The molecular formula is C20H21ClFNO3. The summed E-state index contributed by atoms with van der Waals surface area (Å²) in [5.41, 5.74) is 1.44. The van der Waals surface area contributed by atoms with Crippen molar-refractivity contribution >= 4 is 23.3 Å². The number of nitrogens with zero attached hydrogens (tertiary/aromatic N) is 1. The van der Waals surface area contributed by atoms with Gasteiger partial charge in [0.2, 0.25) is 0 Å². The van der Waals surface area contributed by atoms with Crippen molar-refractivity contribution in [2.75, 3.05) is 13.2 Å². The van der Waals surface area contributed by atoms with Crippen LogP contribution in [0.5, 0.6) is 5.75 Å². The van der Waals surface area contributed by atoms with E-state index >= 15 is 0 Å². The SMILES string of the molecule is CCCOC(=O)CCCN=C(c1ccc(Cl)cc1)c1cc(F)ccc1O. The van der Waals surface area contributed by atoms with Crippen LogP contribution in [-0.2, 0) is 9.53 Å². The highest BCUT2D eigenvalue weighted by Gasteiger charge is 2.13. The lowest BCUT2D eigenvalue weighted by Crippen LogP contribution is -2.08. The number of hydrogen-bond donors (Lipinski definition) is 1. The summed E-state index contributed by atoms with van der Waals surface area (Å²) in [6.07, 6.45) is 1.53. The first-order valence-corrected chi connectivity index (χ1v) is 8.84. The van der Waals surface area contributed by atoms with Crippen molar-refractivity contribution in [3.05, 3.63) is 64.4 Å². The lowest BCUT2D eigenvalue weighted by molar-refractivity contribution is -0.143. The fourth-order valence-electron chi connectivity index (χ4n) is 2.34. The number of hydrogen-bond acceptors (Lipinski definition) is 4. The number of benzene rings is 2. The summed E-state index contributed by atoms with van der Waals surface area (Å²) in [6.45, 7) is 2.69. The Labute approximate surface area is 157 Å². The van der Waals surface area contributed by atoms with Crippen molar-refractivity contribution in [3.8, 4) is 5.75 Å². The third kappa shape index (κ3) is 5.85. The van der Waals surface area contributed by atoms with Gasteiger partial charge in [-0.1, -0.05) is 30.7 Å². The minimum atomic E-state index is -0.470. The zero-order valence-electron chi connectivity index (χ0n) is 14.5. The third-order valence-corrected chi connectivity index (χ3v) is 3.86. The second kappa shape index (κ2) is 9.92. The van der Waals surface area contributed by atoms with Gasteiger partial charge in [-0.15, -0.1) is 0 Å². The Morgan fingerprint density at radius 1 is 1.23 bits per heavy atom. The van der Waals surface area contributed by atoms with Gasteiger partial charge in [-0.05, 0) is 43.2 Å². The van der Waals surface area contributed by atoms with Crippen molar-refractivity contribution in [2.24, 2.45) is 4.99 Å². The summed E-state index contributed by atoms with van der Waals surface area (Å²) >= 11 is 5.92. The van der Waals surface area contributed by atoms with Crippen LogP contribution in [0.2, 0.25) is 5.02 Å². The van der Waals surface area contributed by atoms with Gasteiger partial charge < -0.3 is 9.84 Å². The smallest absolute Gasteiger partial charge is 0.305 e. The number of halogens is 2. The molecule has 0 unspecified atom stereocenters. The normalized spacial score (nSPS) is 11.4. The summed E-state index contributed by atoms with van der Waals surface area (Å²) < 4.78 is 18.7. The van der Waals surface area contributed by atoms with E-state index in [1.165, 1.54) is 18.2 Å². The number of carbonyl (C=O) groups excluding carboxylic acids is 1. The highest BCUT2D eigenvalue weighted by Crippen LogP contribution is 2.23. The summed E-state index contributed by atoms with van der Waals surface area (Å²) in [5.74, 6) is -0.797. The molecule has 1 N–H and O–H groups in total. The van der Waals surface area contributed by atoms with E-state index in [9.17, 15) is 14.3 Å². The summed E-state index contributed by atoms with van der Waals surface area (Å²) in [4.78, 5) is 16.0. The molecule has 0 fully saturated rings. The molecule has 26 heavy (non-hydrogen) atoms. The maximum absolute atomic E-state index is 13.7. The van der Waals surface area contributed by atoms with E-state index < -0.39 is 5.82 Å². The van der Waals surface area contributed by atoms with Gasteiger partial charge in [0.25, 0.3) is 0 Å². The standard InChI is InChI=1S/C20H21ClFNO3/c1-2-12-26-19(25)4-3-11-23-20(14-5-7-15(21)8-6-14)17-13-16(22)9-10-18(17)24/h5-10,13,24H,2-4,11-12H2,1H3. The second-order valence-corrected chi connectivity index (χ2v) is 6.16. The van der Waals surface area contributed by atoms with Gasteiger partial charge in [0.05, 0.1) is 12.3 Å². The Hall–Kier alpha value is -2.40. The summed E-state index contributed by atoms with van der Waals surface area (Å²) in [7, 11) is 0. The predicted octanol–water partition coefficient (Wildman–Crippen LogP) is 4.76. The number of carbonyl (C=O) groups is 1. The average molecular weight is 378 g/mol. The van der Waals surface area contributed by atoms with Crippen molar-refractivity contribution in [3.63, 3.8) is 0 Å². The molecule has 0 bridgehead atoms. The fourth-order valence-corrected chi connectivity index (χ4v) is 2.47. The van der Waals surface area contributed by atoms with Gasteiger partial charge in [0.1, 0.15) is 11.6 Å². The van der Waals surface area contributed by atoms with Crippen LogP contribution in [0.3, 0.4) is 0 Å². The number of phenolic OH excluding ortho intramolecular Hbond substituents is 1. The van der Waals surface area contributed by atoms with Gasteiger partial charge in [-0.2, -0.15) is 0 Å². The van der Waals surface area contributed by atoms with E-state index in [0.29, 0.717) is 41.4 Å². The Kier molecular flexibility index (Phi) is 7.60. The highest BCUT2D eigenvalue weighted by atomic mass is 35.5. The quantitative estimate of drug-likeness (QED) is 0.410. The number of ether oxygens (including phenoxy) is 1. The zero-order chi connectivity index (χ0) is 18.9. The molecule has 0 aliphatic rings. The van der Waals surface area contributed by atoms with E-state index in [1.54, 1.807) is 24.3 Å². The molecule has 0 spiro atoms. The number of esters is 1. The largest absolute Gasteiger partial charge is 0.507 e. The van der Waals surface area contributed by atoms with Crippen LogP contribution < -0.4 is 0 Å². The van der Waals surface area contributed by atoms with Gasteiger partial charge in [-0.3, -0.25) is 9.79 Å². The first-order valence-electron chi connectivity index (χ1n) is 8.46. The minimum absolute atomic E-state index is 0.0672. The molecule has 0 saturated heterocycles. The number of phenols is 1. The van der Waals surface area contributed by atoms with Gasteiger partial charge in [0.15, 0.2) is 0 Å². The molecule has 4 nitrogen and oxygen atoms in total. The first-order chi connectivity index (χ1) is 12.5. The molecule has 2 aromatic rings. The Morgan fingerprint density at radius 3 is 2.65 bits per heavy atom. The monoisotopic (exact) mass is 377 g/mol. The predicted molar refractivity (Wildman–Crippen MR) is 101 cm³/mol. The van der Waals surface area contributed by atoms with Crippen LogP contribution in [0.1, 0.15) is 37.3 Å². The Balaban J connectivity index is 2.19. The fraction of sp³-hybridized carbons (Fsp3) is 0.300. The number of rotatable bonds is 8. The molecule has 0 saturated carbocycles. The molecule has 0 heterocycles. The molecule has 0 atom stereocenters. The van der Waals surface area contributed by atoms with Crippen LogP contribution in [0.4, 0.5) is 4.39 Å². The zero-order valence-corrected chi connectivity index (χ0v) is 15.3. The number of aromatic hydroxyl groups is 1. The van der Waals surface area contributed by atoms with E-state index in [2.05, 4.69) is 4.99 Å². The molecular weight excluding hydrogens is 357 g/mol. The first kappa shape index (κ1) is 19.9. The van der Waals surface area contributed by atoms with Crippen LogP contribution >= 0.6 is 11.6 Å². The molecule has 138 valence electrons. The van der Waals surface area contributed by atoms with Crippen molar-refractivity contribution in [1.29, 1.82) is 0 Å². The van der Waals surface area contributed by atoms with E-state index in [1.807, 2.05) is 6.92 Å². The van der Waals surface area contributed by atoms with Gasteiger partial charge >= 0.3 is 5.97 Å². The van der Waals surface area contributed by atoms with Crippen LogP contribution in [0.25, 0.3) is 0 Å². The Morgan fingerprint density at radius 2 is 1.96 bits per heavy atom. The van der Waals surface area contributed by atoms with E-state index in [-0.39, 0.29) is 18.1 Å². The molecule has 6 heteroatoms. The van der Waals surface area contributed by atoms with E-state index in [0.717, 1.165) is 6.42 Å². The molecule has 0 aliphatic carbocycles. The molecule has 2 rings (SSSR count). The maximum Gasteiger partial charge on any atom is 0.305 e. The molecule has 0 radical (unpaired) electrons. The molecule has 0 amide bonds. The second-order valence-electron chi connectivity index (χ2n) is 5.72. The van der Waals surface area contributed by atoms with Crippen LogP contribution in [0, 0.1) is 5.82 Å². The lowest BCUT2D eigenvalue weighted by atomic mass is 10.0. The summed E-state index contributed by atoms with van der Waals surface area (Å²) in [6, 6.07) is 10.6. The average Bonchev–Trinajstić information content (AvgIpc) is 2.63. The van der Waals surface area contributed by atoms with Gasteiger partial charge in [-0.25, -0.2) is 4.39 Å². The van der Waals surface area contributed by atoms with Crippen molar-refractivity contribution in [2.45, 2.75) is 26.2 Å². The van der Waals surface area contributed by atoms with Crippen molar-refractivity contribution < 1.29 is 19.0 Å². The molecule has 0 aliphatic heterocycles. The third-order valence-electron chi connectivity index (χ3n) is 3.61. The maximum atomic E-state index is 13.7. The van der Waals surface area contributed by atoms with E-state index in [4.69, 9.17) is 16.3 Å². The van der Waals surface area contributed by atoms with Crippen LogP contribution in [-0.4, -0.2) is 29.9 Å². The highest BCUT2D eigenvalue weighted by molar-refractivity contribution is 6.30. The number of aliphatic imine (C=N–C) groups is 1. The van der Waals surface area contributed by atoms with Crippen LogP contribution in [0.15, 0.2) is 47.5 Å². The molecule has 2 aromatic carbocycles. The Bertz CT molecular complexity index is 775. The summed E-state index contributed by atoms with van der Waals surface area (Å²) in [5, 5.41) is 10.7. The van der Waals surface area contributed by atoms with Gasteiger partial charge in [0, 0.05) is 29.1 Å². The lowest BCUT2D eigenvalue weighted by Gasteiger charge is -2.10. The topological polar surface area (TPSA) is 58.9 Å². The molecule has 0 aromatic heterocycles.